The Kier molecular flexibility index (Phi) is 8.51. The van der Waals surface area contributed by atoms with Crippen molar-refractivity contribution in [2.45, 2.75) is 0 Å². The highest BCUT2D eigenvalue weighted by Crippen LogP contribution is 2.40. The maximum Gasteiger partial charge on any atom is 0.182 e. The van der Waals surface area contributed by atoms with E-state index in [0.29, 0.717) is 28.9 Å². The zero-order chi connectivity index (χ0) is 33.5. The van der Waals surface area contributed by atoms with Crippen LogP contribution in [0, 0.1) is 0 Å². The molecule has 0 saturated heterocycles. The zero-order valence-electron chi connectivity index (χ0n) is 27.0. The Balaban J connectivity index is 1.21. The second kappa shape index (κ2) is 14.0. The van der Waals surface area contributed by atoms with Crippen molar-refractivity contribution >= 4 is 34.1 Å². The molecule has 5 aromatic carbocycles. The summed E-state index contributed by atoms with van der Waals surface area (Å²) in [6.07, 6.45) is 3.47. The molecular weight excluding hydrogens is 615 g/mol. The van der Waals surface area contributed by atoms with Gasteiger partial charge in [0, 0.05) is 52.1 Å². The zero-order valence-corrected chi connectivity index (χ0v) is 27.0. The molecule has 50 heavy (non-hydrogen) atoms. The van der Waals surface area contributed by atoms with Crippen molar-refractivity contribution in [2.24, 2.45) is 0 Å². The van der Waals surface area contributed by atoms with Crippen LogP contribution < -0.4 is 9.80 Å². The third-order valence-electron chi connectivity index (χ3n) is 8.20. The number of hydrogen-bond acceptors (Lipinski definition) is 7. The monoisotopic (exact) mass is 645 g/mol. The number of para-hydroxylation sites is 3. The molecule has 0 aliphatic carbocycles. The molecule has 0 fully saturated rings. The number of rotatable bonds is 9. The van der Waals surface area contributed by atoms with Gasteiger partial charge in [-0.3, -0.25) is 9.97 Å². The SMILES string of the molecule is c1ccc(N(c2ccccc2)c2cccc(N(c3ccccc3)c3ccc(-c4nc(-c5ccccn5)nc(-c5ccccn5)n4)cc3)c2)cc1. The molecule has 0 radical (unpaired) electrons. The van der Waals surface area contributed by atoms with Gasteiger partial charge in [-0.2, -0.15) is 0 Å². The number of benzene rings is 5. The maximum atomic E-state index is 4.85. The summed E-state index contributed by atoms with van der Waals surface area (Å²) in [6.45, 7) is 0. The number of anilines is 6. The molecule has 8 rings (SSSR count). The Hall–Kier alpha value is -6.99. The summed E-state index contributed by atoms with van der Waals surface area (Å²) >= 11 is 0. The van der Waals surface area contributed by atoms with E-state index >= 15 is 0 Å². The maximum absolute atomic E-state index is 4.85. The smallest absolute Gasteiger partial charge is 0.182 e. The molecule has 0 spiro atoms. The molecule has 3 aromatic heterocycles. The van der Waals surface area contributed by atoms with Gasteiger partial charge in [0.25, 0.3) is 0 Å². The molecule has 0 atom stereocenters. The lowest BCUT2D eigenvalue weighted by atomic mass is 10.1. The molecule has 0 aliphatic rings. The van der Waals surface area contributed by atoms with E-state index in [1.54, 1.807) is 12.4 Å². The van der Waals surface area contributed by atoms with Gasteiger partial charge in [-0.1, -0.05) is 72.8 Å². The van der Waals surface area contributed by atoms with Gasteiger partial charge in [-0.15, -0.1) is 0 Å². The van der Waals surface area contributed by atoms with Crippen LogP contribution in [0.4, 0.5) is 34.1 Å². The molecule has 0 amide bonds. The standard InChI is InChI=1S/C43H31N7/c1-4-15-33(16-5-1)49(34-17-6-2-7-18-34)37-21-14-22-38(31-37)50(35-19-8-3-9-20-35)36-27-25-32(26-28-36)41-46-42(39-23-10-12-29-44-39)48-43(47-41)40-24-11-13-30-45-40/h1-31H. The van der Waals surface area contributed by atoms with Crippen LogP contribution in [-0.4, -0.2) is 24.9 Å². The fraction of sp³-hybridized carbons (Fsp3) is 0. The van der Waals surface area contributed by atoms with Crippen LogP contribution in [-0.2, 0) is 0 Å². The lowest BCUT2D eigenvalue weighted by molar-refractivity contribution is 1.05. The molecule has 0 bridgehead atoms. The van der Waals surface area contributed by atoms with Gasteiger partial charge < -0.3 is 9.80 Å². The highest BCUT2D eigenvalue weighted by atomic mass is 15.2. The Labute approximate surface area is 290 Å². The van der Waals surface area contributed by atoms with Gasteiger partial charge in [0.2, 0.25) is 0 Å². The van der Waals surface area contributed by atoms with Crippen molar-refractivity contribution in [3.05, 3.63) is 188 Å². The Morgan fingerprint density at radius 1 is 0.300 bits per heavy atom. The molecule has 0 aliphatic heterocycles. The van der Waals surface area contributed by atoms with Crippen molar-refractivity contribution in [3.63, 3.8) is 0 Å². The topological polar surface area (TPSA) is 70.9 Å². The minimum atomic E-state index is 0.490. The van der Waals surface area contributed by atoms with Gasteiger partial charge in [0.05, 0.1) is 0 Å². The predicted molar refractivity (Wildman–Crippen MR) is 201 cm³/mol. The van der Waals surface area contributed by atoms with E-state index in [4.69, 9.17) is 15.0 Å². The quantitative estimate of drug-likeness (QED) is 0.155. The Morgan fingerprint density at radius 2 is 0.680 bits per heavy atom. The number of nitrogens with zero attached hydrogens (tertiary/aromatic N) is 7. The first-order valence-corrected chi connectivity index (χ1v) is 16.3. The van der Waals surface area contributed by atoms with Crippen LogP contribution in [0.2, 0.25) is 0 Å². The average Bonchev–Trinajstić information content (AvgIpc) is 3.20. The normalized spacial score (nSPS) is 10.8. The van der Waals surface area contributed by atoms with Crippen LogP contribution in [0.25, 0.3) is 34.4 Å². The Morgan fingerprint density at radius 3 is 1.10 bits per heavy atom. The number of hydrogen-bond donors (Lipinski definition) is 0. The number of aromatic nitrogens is 5. The third kappa shape index (κ3) is 6.43. The molecule has 7 heteroatoms. The number of pyridine rings is 2. The van der Waals surface area contributed by atoms with E-state index in [1.807, 2.05) is 54.6 Å². The van der Waals surface area contributed by atoms with E-state index in [0.717, 1.165) is 39.7 Å². The van der Waals surface area contributed by atoms with Gasteiger partial charge in [-0.05, 0) is 103 Å². The fourth-order valence-electron chi connectivity index (χ4n) is 5.88. The third-order valence-corrected chi connectivity index (χ3v) is 8.20. The molecule has 0 N–H and O–H groups in total. The molecule has 238 valence electrons. The summed E-state index contributed by atoms with van der Waals surface area (Å²) in [7, 11) is 0. The average molecular weight is 646 g/mol. The molecule has 3 heterocycles. The van der Waals surface area contributed by atoms with Crippen LogP contribution in [0.5, 0.6) is 0 Å². The summed E-state index contributed by atoms with van der Waals surface area (Å²) in [6, 6.07) is 59.6. The molecular formula is C43H31N7. The minimum absolute atomic E-state index is 0.490. The second-order valence-corrected chi connectivity index (χ2v) is 11.5. The van der Waals surface area contributed by atoms with Crippen molar-refractivity contribution in [1.82, 2.24) is 24.9 Å². The summed E-state index contributed by atoms with van der Waals surface area (Å²) in [5, 5.41) is 0. The second-order valence-electron chi connectivity index (χ2n) is 11.5. The molecule has 8 aromatic rings. The summed E-state index contributed by atoms with van der Waals surface area (Å²) < 4.78 is 0. The van der Waals surface area contributed by atoms with E-state index < -0.39 is 0 Å². The van der Waals surface area contributed by atoms with Crippen molar-refractivity contribution in [3.8, 4) is 34.4 Å². The van der Waals surface area contributed by atoms with Crippen molar-refractivity contribution in [2.75, 3.05) is 9.80 Å². The van der Waals surface area contributed by atoms with Gasteiger partial charge >= 0.3 is 0 Å². The first-order valence-electron chi connectivity index (χ1n) is 16.3. The minimum Gasteiger partial charge on any atom is -0.310 e. The first-order chi connectivity index (χ1) is 24.8. The van der Waals surface area contributed by atoms with Crippen LogP contribution in [0.15, 0.2) is 188 Å². The molecule has 0 saturated carbocycles. The predicted octanol–water partition coefficient (Wildman–Crippen LogP) is 10.6. The van der Waals surface area contributed by atoms with Gasteiger partial charge in [0.15, 0.2) is 17.5 Å². The highest BCUT2D eigenvalue weighted by Gasteiger charge is 2.18. The lowest BCUT2D eigenvalue weighted by Gasteiger charge is -2.29. The van der Waals surface area contributed by atoms with Crippen molar-refractivity contribution < 1.29 is 0 Å². The summed E-state index contributed by atoms with van der Waals surface area (Å²) in [5.74, 6) is 1.52. The van der Waals surface area contributed by atoms with E-state index in [1.165, 1.54) is 0 Å². The highest BCUT2D eigenvalue weighted by molar-refractivity contribution is 5.83. The van der Waals surface area contributed by atoms with Crippen molar-refractivity contribution in [1.29, 1.82) is 0 Å². The first kappa shape index (κ1) is 30.4. The summed E-state index contributed by atoms with van der Waals surface area (Å²) in [4.78, 5) is 28.0. The largest absolute Gasteiger partial charge is 0.310 e. The van der Waals surface area contributed by atoms with E-state index in [2.05, 4.69) is 141 Å². The van der Waals surface area contributed by atoms with Crippen LogP contribution >= 0.6 is 0 Å². The van der Waals surface area contributed by atoms with Crippen LogP contribution in [0.1, 0.15) is 0 Å². The van der Waals surface area contributed by atoms with Gasteiger partial charge in [-0.25, -0.2) is 15.0 Å². The molecule has 0 unspecified atom stereocenters. The Bertz CT molecular complexity index is 2210. The molecule has 7 nitrogen and oxygen atoms in total. The van der Waals surface area contributed by atoms with E-state index in [-0.39, 0.29) is 0 Å². The van der Waals surface area contributed by atoms with Gasteiger partial charge in [0.1, 0.15) is 11.4 Å². The lowest BCUT2D eigenvalue weighted by Crippen LogP contribution is -2.13. The van der Waals surface area contributed by atoms with E-state index in [9.17, 15) is 0 Å². The van der Waals surface area contributed by atoms with Crippen LogP contribution in [0.3, 0.4) is 0 Å². The summed E-state index contributed by atoms with van der Waals surface area (Å²) in [5.41, 5.74) is 8.45. The fourth-order valence-corrected chi connectivity index (χ4v) is 5.88.